The molecule has 0 saturated heterocycles. The van der Waals surface area contributed by atoms with Crippen LogP contribution in [0.25, 0.3) is 22.8 Å². The van der Waals surface area contributed by atoms with E-state index < -0.39 is 6.04 Å². The highest BCUT2D eigenvalue weighted by atomic mass is 35.5. The molecule has 8 nitrogen and oxygen atoms in total. The van der Waals surface area contributed by atoms with Gasteiger partial charge in [0.1, 0.15) is 5.82 Å². The van der Waals surface area contributed by atoms with Crippen molar-refractivity contribution in [2.24, 2.45) is 5.73 Å². The minimum Gasteiger partial charge on any atom is -0.337 e. The zero-order chi connectivity index (χ0) is 19.8. The number of aromatic nitrogens is 6. The van der Waals surface area contributed by atoms with Crippen molar-refractivity contribution < 1.29 is 4.52 Å². The maximum absolute atomic E-state index is 6.37. The normalized spacial score (nSPS) is 14.8. The first-order valence-electron chi connectivity index (χ1n) is 9.38. The van der Waals surface area contributed by atoms with Crippen LogP contribution in [0.3, 0.4) is 0 Å². The second-order valence-electron chi connectivity index (χ2n) is 7.05. The molecule has 0 aliphatic heterocycles. The van der Waals surface area contributed by atoms with Gasteiger partial charge in [0.05, 0.1) is 6.04 Å². The number of halogens is 1. The van der Waals surface area contributed by atoms with E-state index in [0.29, 0.717) is 29.2 Å². The Hall–Kier alpha value is -3.10. The first-order valence-corrected chi connectivity index (χ1v) is 9.76. The molecule has 146 valence electrons. The Kier molecular flexibility index (Phi) is 4.57. The van der Waals surface area contributed by atoms with Gasteiger partial charge < -0.3 is 14.8 Å². The van der Waals surface area contributed by atoms with Crippen LogP contribution in [0.1, 0.15) is 36.6 Å². The number of rotatable bonds is 6. The Balaban J connectivity index is 1.40. The summed E-state index contributed by atoms with van der Waals surface area (Å²) in [5, 5.41) is 13.5. The summed E-state index contributed by atoms with van der Waals surface area (Å²) in [7, 11) is 0. The Morgan fingerprint density at radius 3 is 2.72 bits per heavy atom. The highest BCUT2D eigenvalue weighted by molar-refractivity contribution is 6.30. The van der Waals surface area contributed by atoms with Gasteiger partial charge in [-0.15, -0.1) is 10.2 Å². The van der Waals surface area contributed by atoms with Crippen LogP contribution in [-0.4, -0.2) is 29.9 Å². The molecule has 0 spiro atoms. The average molecular weight is 408 g/mol. The van der Waals surface area contributed by atoms with Crippen LogP contribution < -0.4 is 5.73 Å². The predicted octanol–water partition coefficient (Wildman–Crippen LogP) is 3.62. The van der Waals surface area contributed by atoms with Gasteiger partial charge in [-0.3, -0.25) is 4.98 Å². The topological polar surface area (TPSA) is 109 Å². The Bertz CT molecular complexity index is 1140. The molecule has 2 N–H and O–H groups in total. The molecule has 0 bridgehead atoms. The molecule has 0 radical (unpaired) electrons. The fourth-order valence-corrected chi connectivity index (χ4v) is 3.48. The van der Waals surface area contributed by atoms with Gasteiger partial charge in [-0.2, -0.15) is 4.98 Å². The van der Waals surface area contributed by atoms with Gasteiger partial charge in [0.15, 0.2) is 5.82 Å². The van der Waals surface area contributed by atoms with Gasteiger partial charge in [0.25, 0.3) is 0 Å². The second-order valence-corrected chi connectivity index (χ2v) is 7.49. The van der Waals surface area contributed by atoms with Crippen molar-refractivity contribution in [3.63, 3.8) is 0 Å². The van der Waals surface area contributed by atoms with E-state index in [2.05, 4.69) is 29.9 Å². The minimum atomic E-state index is -0.484. The molecule has 1 aliphatic carbocycles. The summed E-state index contributed by atoms with van der Waals surface area (Å²) in [6, 6.07) is 11.1. The summed E-state index contributed by atoms with van der Waals surface area (Å²) in [4.78, 5) is 8.52. The summed E-state index contributed by atoms with van der Waals surface area (Å²) in [6.45, 7) is 0. The number of benzene rings is 1. The van der Waals surface area contributed by atoms with Crippen molar-refractivity contribution in [3.8, 4) is 22.8 Å². The summed E-state index contributed by atoms with van der Waals surface area (Å²) in [5.74, 6) is 2.46. The smallest absolute Gasteiger partial charge is 0.244 e. The Labute approximate surface area is 171 Å². The molecule has 5 rings (SSSR count). The van der Waals surface area contributed by atoms with Crippen molar-refractivity contribution in [1.82, 2.24) is 29.9 Å². The standard InChI is InChI=1S/C20H18ClN7O/c21-14-3-1-2-13(10-14)18-24-20(29-27-18)16(22)11-17-25-26-19(28(17)15-4-5-15)12-6-8-23-9-7-12/h1-3,6-10,15-16H,4-5,11,22H2. The molecule has 3 aromatic heterocycles. The van der Waals surface area contributed by atoms with Gasteiger partial charge >= 0.3 is 0 Å². The average Bonchev–Trinajstić information content (AvgIpc) is 3.29. The van der Waals surface area contributed by atoms with Crippen LogP contribution in [0.2, 0.25) is 5.02 Å². The molecule has 3 heterocycles. The maximum Gasteiger partial charge on any atom is 0.244 e. The molecule has 1 fully saturated rings. The predicted molar refractivity (Wildman–Crippen MR) is 107 cm³/mol. The highest BCUT2D eigenvalue weighted by Gasteiger charge is 2.31. The molecule has 0 amide bonds. The number of hydrogen-bond acceptors (Lipinski definition) is 7. The van der Waals surface area contributed by atoms with E-state index in [9.17, 15) is 0 Å². The second kappa shape index (κ2) is 7.38. The summed E-state index contributed by atoms with van der Waals surface area (Å²) >= 11 is 6.04. The van der Waals surface area contributed by atoms with Gasteiger partial charge in [-0.25, -0.2) is 0 Å². The summed E-state index contributed by atoms with van der Waals surface area (Å²) in [6.07, 6.45) is 6.17. The van der Waals surface area contributed by atoms with E-state index >= 15 is 0 Å². The van der Waals surface area contributed by atoms with Gasteiger partial charge in [-0.1, -0.05) is 28.9 Å². The van der Waals surface area contributed by atoms with Gasteiger partial charge in [-0.05, 0) is 37.1 Å². The third-order valence-electron chi connectivity index (χ3n) is 4.86. The first kappa shape index (κ1) is 18.0. The van der Waals surface area contributed by atoms with Crippen LogP contribution in [0.15, 0.2) is 53.3 Å². The Morgan fingerprint density at radius 1 is 1.14 bits per heavy atom. The fourth-order valence-electron chi connectivity index (χ4n) is 3.29. The molecule has 9 heteroatoms. The number of nitrogens with two attached hydrogens (primary N) is 1. The molecule has 1 atom stereocenters. The van der Waals surface area contributed by atoms with E-state index in [-0.39, 0.29) is 0 Å². The van der Waals surface area contributed by atoms with Crippen LogP contribution in [0.4, 0.5) is 0 Å². The molecular formula is C20H18ClN7O. The molecule has 29 heavy (non-hydrogen) atoms. The van der Waals surface area contributed by atoms with Crippen molar-refractivity contribution in [2.75, 3.05) is 0 Å². The third kappa shape index (κ3) is 3.64. The zero-order valence-electron chi connectivity index (χ0n) is 15.4. The number of hydrogen-bond donors (Lipinski definition) is 1. The van der Waals surface area contributed by atoms with Crippen molar-refractivity contribution in [1.29, 1.82) is 0 Å². The van der Waals surface area contributed by atoms with E-state index in [0.717, 1.165) is 35.6 Å². The van der Waals surface area contributed by atoms with Crippen LogP contribution in [-0.2, 0) is 6.42 Å². The molecule has 1 aromatic carbocycles. The summed E-state index contributed by atoms with van der Waals surface area (Å²) in [5.41, 5.74) is 8.14. The minimum absolute atomic E-state index is 0.357. The zero-order valence-corrected chi connectivity index (χ0v) is 16.2. The van der Waals surface area contributed by atoms with Crippen LogP contribution >= 0.6 is 11.6 Å². The van der Waals surface area contributed by atoms with Crippen LogP contribution in [0.5, 0.6) is 0 Å². The van der Waals surface area contributed by atoms with Crippen molar-refractivity contribution in [2.45, 2.75) is 31.3 Å². The molecule has 1 saturated carbocycles. The lowest BCUT2D eigenvalue weighted by molar-refractivity contribution is 0.351. The van der Waals surface area contributed by atoms with Gasteiger partial charge in [0, 0.05) is 41.0 Å². The Morgan fingerprint density at radius 2 is 1.97 bits per heavy atom. The number of nitrogens with zero attached hydrogens (tertiary/aromatic N) is 6. The van der Waals surface area contributed by atoms with E-state index in [1.54, 1.807) is 24.5 Å². The molecule has 4 aromatic rings. The number of pyridine rings is 1. The first-order chi connectivity index (χ1) is 14.2. The maximum atomic E-state index is 6.37. The van der Waals surface area contributed by atoms with E-state index in [1.165, 1.54) is 0 Å². The van der Waals surface area contributed by atoms with Crippen molar-refractivity contribution >= 4 is 11.6 Å². The molecular weight excluding hydrogens is 390 g/mol. The van der Waals surface area contributed by atoms with E-state index in [1.807, 2.05) is 24.3 Å². The lowest BCUT2D eigenvalue weighted by Crippen LogP contribution is -2.17. The quantitative estimate of drug-likeness (QED) is 0.519. The third-order valence-corrected chi connectivity index (χ3v) is 5.10. The lowest BCUT2D eigenvalue weighted by atomic mass is 10.2. The van der Waals surface area contributed by atoms with E-state index in [4.69, 9.17) is 21.9 Å². The molecule has 1 aliphatic rings. The largest absolute Gasteiger partial charge is 0.337 e. The fraction of sp³-hybridized carbons (Fsp3) is 0.250. The molecule has 1 unspecified atom stereocenters. The highest BCUT2D eigenvalue weighted by Crippen LogP contribution is 2.39. The monoisotopic (exact) mass is 407 g/mol. The lowest BCUT2D eigenvalue weighted by Gasteiger charge is -2.11. The SMILES string of the molecule is NC(Cc1nnc(-c2ccncc2)n1C1CC1)c1nc(-c2cccc(Cl)c2)no1. The van der Waals surface area contributed by atoms with Gasteiger partial charge in [0.2, 0.25) is 11.7 Å². The van der Waals surface area contributed by atoms with Crippen LogP contribution in [0, 0.1) is 0 Å². The van der Waals surface area contributed by atoms with Crippen molar-refractivity contribution in [3.05, 3.63) is 65.5 Å². The summed E-state index contributed by atoms with van der Waals surface area (Å²) < 4.78 is 7.58.